The first-order valence-electron chi connectivity index (χ1n) is 22.7. The van der Waals surface area contributed by atoms with E-state index in [1.165, 1.54) is 71.6 Å². The summed E-state index contributed by atoms with van der Waals surface area (Å²) in [5.74, 6) is 0.177. The maximum atomic E-state index is 5.57. The van der Waals surface area contributed by atoms with Gasteiger partial charge in [-0.25, -0.2) is 0 Å². The fraction of sp³-hybridized carbons (Fsp3) is 0.0769. The van der Waals surface area contributed by atoms with Crippen LogP contribution in [0.2, 0.25) is 0 Å². The molecule has 0 bridgehead atoms. The first kappa shape index (κ1) is 47.6. The van der Waals surface area contributed by atoms with Crippen LogP contribution in [0.15, 0.2) is 286 Å². The van der Waals surface area contributed by atoms with Gasteiger partial charge >= 0.3 is 0 Å². The molecule has 0 radical (unpaired) electrons. The summed E-state index contributed by atoms with van der Waals surface area (Å²) in [6, 6.07) is 67.3. The zero-order chi connectivity index (χ0) is 46.2. The molecule has 2 N–H and O–H groups in total. The number of hydrogen-bond donors (Lipinski definition) is 1. The normalized spacial score (nSPS) is 15.3. The minimum Gasteiger partial charge on any atom is -0.326 e. The van der Waals surface area contributed by atoms with Gasteiger partial charge in [-0.2, -0.15) is 0 Å². The molecule has 1 nitrogen and oxygen atoms in total. The molecule has 1 aliphatic rings. The maximum Gasteiger partial charge on any atom is 0.0267 e. The van der Waals surface area contributed by atoms with Crippen LogP contribution in [0, 0.1) is 6.92 Å². The molecule has 1 aliphatic carbocycles. The summed E-state index contributed by atoms with van der Waals surface area (Å²) < 4.78 is 0. The van der Waals surface area contributed by atoms with Gasteiger partial charge in [0.1, 0.15) is 0 Å². The number of fused-ring (bicyclic) bond motifs is 2. The highest BCUT2D eigenvalue weighted by Crippen LogP contribution is 2.31. The van der Waals surface area contributed by atoms with E-state index >= 15 is 0 Å². The molecular weight excluding hydrogens is 795 g/mol. The molecule has 0 amide bonds. The third kappa shape index (κ3) is 14.6. The average molecular weight is 856 g/mol. The highest BCUT2D eigenvalue weighted by molar-refractivity contribution is 5.84. The molecule has 0 saturated heterocycles. The predicted molar refractivity (Wildman–Crippen MR) is 290 cm³/mol. The van der Waals surface area contributed by atoms with Crippen molar-refractivity contribution in [3.8, 4) is 22.3 Å². The monoisotopic (exact) mass is 855 g/mol. The first-order chi connectivity index (χ1) is 32.5. The lowest BCUT2D eigenvalue weighted by molar-refractivity contribution is 1.03. The third-order valence-electron chi connectivity index (χ3n) is 11.0. The van der Waals surface area contributed by atoms with E-state index in [0.717, 1.165) is 12.0 Å². The average Bonchev–Trinajstić information content (AvgIpc) is 3.36. The SMILES string of the molecule is C=CC.C=CC(c1ccc(-c2ccc(C)cc2)cc1)c1cccc(-c2ccccc2)c1.NCC1=C/C=C\C=C/C=C\C=C\C=C\1.c1ccc2cc(Cc3ccc4ccccc4c3)ccc2c1. The van der Waals surface area contributed by atoms with Crippen molar-refractivity contribution in [3.05, 3.63) is 314 Å². The molecule has 8 aromatic carbocycles. The Morgan fingerprint density at radius 3 is 1.45 bits per heavy atom. The molecule has 1 atom stereocenters. The smallest absolute Gasteiger partial charge is 0.0267 e. The fourth-order valence-corrected chi connectivity index (χ4v) is 7.57. The standard InChI is InChI=1S/C28H24.C21H16.C13H15N.C3H6/c1-3-28(27-11-7-10-26(20-27)22-8-5-4-6-9-22)25-18-16-24(17-19-25)23-14-12-21(2)13-15-23;1-3-7-20-14-16(9-11-18(20)5-1)13-17-10-12-19-6-2-4-8-21(19)15-17;14-12-13-10-8-6-4-2-1-3-5-7-9-11-13;1-3-2/h3-20,28H,1H2,2H3;1-12,14-15H,13H2;1-11H,12,14H2;3H,1H2,2H3/b;;2-1-,3-1?,4-2?,5-3-,6-4+,7-5?,8-6?,9-7-,10-8+,11-9?,13-10?,13-11+;. The van der Waals surface area contributed by atoms with Crippen LogP contribution in [0.4, 0.5) is 0 Å². The Morgan fingerprint density at radius 2 is 0.909 bits per heavy atom. The van der Waals surface area contributed by atoms with Crippen molar-refractivity contribution in [1.29, 1.82) is 0 Å². The molecular formula is C65H61N. The highest BCUT2D eigenvalue weighted by Gasteiger charge is 2.12. The van der Waals surface area contributed by atoms with Gasteiger partial charge in [-0.15, -0.1) is 13.2 Å². The largest absolute Gasteiger partial charge is 0.326 e. The van der Waals surface area contributed by atoms with E-state index in [1.807, 2.05) is 79.8 Å². The summed E-state index contributed by atoms with van der Waals surface area (Å²) in [6.07, 6.45) is 26.7. The van der Waals surface area contributed by atoms with E-state index in [9.17, 15) is 0 Å². The number of hydrogen-bond acceptors (Lipinski definition) is 1. The summed E-state index contributed by atoms with van der Waals surface area (Å²) >= 11 is 0. The number of rotatable bonds is 8. The molecule has 9 rings (SSSR count). The minimum atomic E-state index is 0.177. The van der Waals surface area contributed by atoms with Crippen LogP contribution in [0.3, 0.4) is 0 Å². The molecule has 8 aromatic rings. The van der Waals surface area contributed by atoms with E-state index in [2.05, 4.69) is 208 Å². The maximum absolute atomic E-state index is 5.57. The molecule has 0 fully saturated rings. The van der Waals surface area contributed by atoms with Gasteiger partial charge < -0.3 is 5.73 Å². The Morgan fingerprint density at radius 1 is 0.439 bits per heavy atom. The van der Waals surface area contributed by atoms with Gasteiger partial charge in [0, 0.05) is 12.5 Å². The van der Waals surface area contributed by atoms with E-state index in [1.54, 1.807) is 6.08 Å². The van der Waals surface area contributed by atoms with Crippen LogP contribution in [-0.2, 0) is 6.42 Å². The van der Waals surface area contributed by atoms with Gasteiger partial charge in [-0.1, -0.05) is 273 Å². The Hall–Kier alpha value is -7.84. The van der Waals surface area contributed by atoms with Crippen LogP contribution < -0.4 is 5.73 Å². The van der Waals surface area contributed by atoms with Gasteiger partial charge in [0.2, 0.25) is 0 Å². The van der Waals surface area contributed by atoms with Crippen molar-refractivity contribution in [2.45, 2.75) is 26.2 Å². The molecule has 1 heteroatoms. The topological polar surface area (TPSA) is 26.0 Å². The van der Waals surface area contributed by atoms with Crippen LogP contribution in [-0.4, -0.2) is 6.54 Å². The molecule has 326 valence electrons. The van der Waals surface area contributed by atoms with Gasteiger partial charge in [0.25, 0.3) is 0 Å². The number of allylic oxidation sites excluding steroid dienone is 12. The Bertz CT molecular complexity index is 2880. The number of nitrogens with two attached hydrogens (primary N) is 1. The van der Waals surface area contributed by atoms with Crippen molar-refractivity contribution in [2.24, 2.45) is 5.73 Å². The molecule has 0 spiro atoms. The van der Waals surface area contributed by atoms with Crippen LogP contribution >= 0.6 is 0 Å². The fourth-order valence-electron chi connectivity index (χ4n) is 7.57. The second-order valence-corrected chi connectivity index (χ2v) is 16.0. The van der Waals surface area contributed by atoms with Crippen molar-refractivity contribution < 1.29 is 0 Å². The van der Waals surface area contributed by atoms with E-state index in [4.69, 9.17) is 5.73 Å². The predicted octanol–water partition coefficient (Wildman–Crippen LogP) is 17.1. The zero-order valence-corrected chi connectivity index (χ0v) is 38.4. The van der Waals surface area contributed by atoms with Crippen molar-refractivity contribution >= 4 is 21.5 Å². The summed E-state index contributed by atoms with van der Waals surface area (Å²) in [5, 5.41) is 5.24. The Balaban J connectivity index is 0.000000167. The lowest BCUT2D eigenvalue weighted by Crippen LogP contribution is -2.00. The quantitative estimate of drug-likeness (QED) is 0.151. The summed E-state index contributed by atoms with van der Waals surface area (Å²) in [5.41, 5.74) is 18.2. The molecule has 0 heterocycles. The lowest BCUT2D eigenvalue weighted by atomic mass is 9.88. The van der Waals surface area contributed by atoms with Crippen LogP contribution in [0.1, 0.15) is 40.7 Å². The minimum absolute atomic E-state index is 0.177. The molecule has 0 saturated carbocycles. The van der Waals surface area contributed by atoms with Gasteiger partial charge in [-0.3, -0.25) is 0 Å². The van der Waals surface area contributed by atoms with Crippen molar-refractivity contribution in [1.82, 2.24) is 0 Å². The summed E-state index contributed by atoms with van der Waals surface area (Å²) in [4.78, 5) is 0. The van der Waals surface area contributed by atoms with Gasteiger partial charge in [0.15, 0.2) is 0 Å². The lowest BCUT2D eigenvalue weighted by Gasteiger charge is -2.16. The Labute approximate surface area is 394 Å². The second-order valence-electron chi connectivity index (χ2n) is 16.0. The molecule has 1 unspecified atom stereocenters. The molecule has 0 aromatic heterocycles. The number of aryl methyl sites for hydroxylation is 1. The molecule has 0 aliphatic heterocycles. The van der Waals surface area contributed by atoms with E-state index in [-0.39, 0.29) is 5.92 Å². The third-order valence-corrected chi connectivity index (χ3v) is 11.0. The summed E-state index contributed by atoms with van der Waals surface area (Å²) in [6.45, 7) is 12.0. The molecule has 66 heavy (non-hydrogen) atoms. The zero-order valence-electron chi connectivity index (χ0n) is 38.4. The number of benzene rings is 8. The van der Waals surface area contributed by atoms with Crippen molar-refractivity contribution in [2.75, 3.05) is 6.54 Å². The van der Waals surface area contributed by atoms with E-state index in [0.29, 0.717) is 6.54 Å². The van der Waals surface area contributed by atoms with Gasteiger partial charge in [-0.05, 0) is 91.9 Å². The highest BCUT2D eigenvalue weighted by atomic mass is 14.5. The van der Waals surface area contributed by atoms with Crippen LogP contribution in [0.25, 0.3) is 43.8 Å². The van der Waals surface area contributed by atoms with Gasteiger partial charge in [0.05, 0.1) is 0 Å². The Kier molecular flexibility index (Phi) is 18.8. The van der Waals surface area contributed by atoms with Crippen molar-refractivity contribution in [3.63, 3.8) is 0 Å². The summed E-state index contributed by atoms with van der Waals surface area (Å²) in [7, 11) is 0. The second kappa shape index (κ2) is 26.1. The first-order valence-corrected chi connectivity index (χ1v) is 22.7. The van der Waals surface area contributed by atoms with E-state index < -0.39 is 0 Å². The van der Waals surface area contributed by atoms with Crippen LogP contribution in [0.5, 0.6) is 0 Å².